The molecule has 0 amide bonds. The normalized spacial score (nSPS) is 13.0. The van der Waals surface area contributed by atoms with Crippen LogP contribution in [0.2, 0.25) is 0 Å². The summed E-state index contributed by atoms with van der Waals surface area (Å²) in [5, 5.41) is 0. The third kappa shape index (κ3) is 3.56. The van der Waals surface area contributed by atoms with E-state index in [-0.39, 0.29) is 0 Å². The SMILES string of the molecule is C/C=C(\C=C(\CC)C(C)C)c1cc(-c2cccc3ncsc23)cnc1N. The van der Waals surface area contributed by atoms with E-state index >= 15 is 0 Å². The zero-order valence-corrected chi connectivity index (χ0v) is 16.6. The Morgan fingerprint density at radius 3 is 2.77 bits per heavy atom. The largest absolute Gasteiger partial charge is 0.383 e. The van der Waals surface area contributed by atoms with Gasteiger partial charge in [0.15, 0.2) is 0 Å². The molecule has 3 aromatic rings. The molecule has 2 heterocycles. The number of nitrogens with two attached hydrogens (primary N) is 1. The second-order valence-electron chi connectivity index (χ2n) is 6.63. The Kier molecular flexibility index (Phi) is 5.52. The van der Waals surface area contributed by atoms with E-state index in [0.29, 0.717) is 11.7 Å². The van der Waals surface area contributed by atoms with Gasteiger partial charge in [0, 0.05) is 22.9 Å². The smallest absolute Gasteiger partial charge is 0.131 e. The molecule has 2 aromatic heterocycles. The van der Waals surface area contributed by atoms with Gasteiger partial charge in [-0.05, 0) is 37.0 Å². The first-order chi connectivity index (χ1) is 12.5. The molecule has 0 aliphatic rings. The number of hydrogen-bond acceptors (Lipinski definition) is 4. The number of aromatic nitrogens is 2. The van der Waals surface area contributed by atoms with Crippen molar-refractivity contribution in [3.05, 3.63) is 59.3 Å². The lowest BCUT2D eigenvalue weighted by Gasteiger charge is -2.13. The molecule has 3 nitrogen and oxygen atoms in total. The lowest BCUT2D eigenvalue weighted by Crippen LogP contribution is -1.99. The summed E-state index contributed by atoms with van der Waals surface area (Å²) in [6, 6.07) is 8.35. The minimum atomic E-state index is 0.512. The minimum absolute atomic E-state index is 0.512. The Morgan fingerprint density at radius 1 is 1.27 bits per heavy atom. The Balaban J connectivity index is 2.12. The molecule has 3 rings (SSSR count). The highest BCUT2D eigenvalue weighted by Crippen LogP contribution is 2.34. The van der Waals surface area contributed by atoms with E-state index in [1.54, 1.807) is 11.3 Å². The molecule has 0 aliphatic carbocycles. The van der Waals surface area contributed by atoms with Gasteiger partial charge in [0.05, 0.1) is 15.7 Å². The maximum atomic E-state index is 6.24. The van der Waals surface area contributed by atoms with Crippen LogP contribution in [0.5, 0.6) is 0 Å². The summed E-state index contributed by atoms with van der Waals surface area (Å²) in [7, 11) is 0. The van der Waals surface area contributed by atoms with E-state index in [1.165, 1.54) is 10.3 Å². The van der Waals surface area contributed by atoms with Crippen molar-refractivity contribution in [2.45, 2.75) is 34.1 Å². The molecule has 2 N–H and O–H groups in total. The highest BCUT2D eigenvalue weighted by Gasteiger charge is 2.12. The molecule has 0 unspecified atom stereocenters. The van der Waals surface area contributed by atoms with E-state index in [9.17, 15) is 0 Å². The van der Waals surface area contributed by atoms with Gasteiger partial charge in [0.2, 0.25) is 0 Å². The van der Waals surface area contributed by atoms with Crippen molar-refractivity contribution in [3.63, 3.8) is 0 Å². The van der Waals surface area contributed by atoms with Crippen molar-refractivity contribution >= 4 is 32.9 Å². The molecule has 134 valence electrons. The number of pyridine rings is 1. The number of nitrogen functional groups attached to an aromatic ring is 1. The summed E-state index contributed by atoms with van der Waals surface area (Å²) in [4.78, 5) is 8.90. The fraction of sp³-hybridized carbons (Fsp3) is 0.273. The van der Waals surface area contributed by atoms with Crippen LogP contribution in [0.15, 0.2) is 53.7 Å². The Bertz CT molecular complexity index is 980. The molecular weight excluding hydrogens is 338 g/mol. The lowest BCUT2D eigenvalue weighted by atomic mass is 9.94. The van der Waals surface area contributed by atoms with Gasteiger partial charge in [-0.2, -0.15) is 0 Å². The Labute approximate surface area is 159 Å². The van der Waals surface area contributed by atoms with E-state index < -0.39 is 0 Å². The van der Waals surface area contributed by atoms with Crippen molar-refractivity contribution in [3.8, 4) is 11.1 Å². The number of thiazole rings is 1. The van der Waals surface area contributed by atoms with Crippen molar-refractivity contribution in [1.82, 2.24) is 9.97 Å². The summed E-state index contributed by atoms with van der Waals surface area (Å²) >= 11 is 1.65. The zero-order valence-electron chi connectivity index (χ0n) is 15.8. The molecule has 0 bridgehead atoms. The second kappa shape index (κ2) is 7.83. The van der Waals surface area contributed by atoms with E-state index in [1.807, 2.05) is 23.8 Å². The molecule has 0 saturated carbocycles. The quantitative estimate of drug-likeness (QED) is 0.538. The van der Waals surface area contributed by atoms with E-state index in [2.05, 4.69) is 61.9 Å². The molecule has 0 fully saturated rings. The van der Waals surface area contributed by atoms with Gasteiger partial charge >= 0.3 is 0 Å². The Morgan fingerprint density at radius 2 is 2.08 bits per heavy atom. The maximum Gasteiger partial charge on any atom is 0.131 e. The molecule has 0 spiro atoms. The number of hydrogen-bond donors (Lipinski definition) is 1. The molecule has 0 aliphatic heterocycles. The standard InChI is InChI=1S/C22H25N3S/c1-5-15(14(3)4)10-16(6-2)19-11-17(12-24-22(19)23)18-8-7-9-20-21(18)26-13-25-20/h6-14H,5H2,1-4H3,(H2,23,24)/b15-10-,16-6+. The summed E-state index contributed by atoms with van der Waals surface area (Å²) < 4.78 is 1.18. The third-order valence-electron chi connectivity index (χ3n) is 4.70. The van der Waals surface area contributed by atoms with Crippen LogP contribution < -0.4 is 5.73 Å². The Hall–Kier alpha value is -2.46. The molecular formula is C22H25N3S. The minimum Gasteiger partial charge on any atom is -0.383 e. The first kappa shape index (κ1) is 18.3. The van der Waals surface area contributed by atoms with Gasteiger partial charge in [-0.25, -0.2) is 9.97 Å². The van der Waals surface area contributed by atoms with E-state index in [4.69, 9.17) is 5.73 Å². The van der Waals surface area contributed by atoms with Crippen LogP contribution in [-0.2, 0) is 0 Å². The van der Waals surface area contributed by atoms with Gasteiger partial charge in [-0.15, -0.1) is 11.3 Å². The highest BCUT2D eigenvalue weighted by molar-refractivity contribution is 7.17. The van der Waals surface area contributed by atoms with Gasteiger partial charge in [0.25, 0.3) is 0 Å². The number of allylic oxidation sites excluding steroid dienone is 4. The molecule has 4 heteroatoms. The first-order valence-corrected chi connectivity index (χ1v) is 9.88. The summed E-state index contributed by atoms with van der Waals surface area (Å²) in [6.45, 7) is 8.70. The van der Waals surface area contributed by atoms with E-state index in [0.717, 1.165) is 34.2 Å². The lowest BCUT2D eigenvalue weighted by molar-refractivity contribution is 0.733. The molecule has 0 saturated heterocycles. The first-order valence-electron chi connectivity index (χ1n) is 9.00. The number of nitrogens with zero attached hydrogens (tertiary/aromatic N) is 2. The molecule has 0 atom stereocenters. The third-order valence-corrected chi connectivity index (χ3v) is 5.57. The van der Waals surface area contributed by atoms with Crippen molar-refractivity contribution in [1.29, 1.82) is 0 Å². The number of anilines is 1. The number of fused-ring (bicyclic) bond motifs is 1. The van der Waals surface area contributed by atoms with Gasteiger partial charge in [-0.1, -0.05) is 50.6 Å². The number of rotatable bonds is 5. The van der Waals surface area contributed by atoms with Crippen molar-refractivity contribution < 1.29 is 0 Å². The monoisotopic (exact) mass is 363 g/mol. The average Bonchev–Trinajstić information content (AvgIpc) is 3.12. The fourth-order valence-electron chi connectivity index (χ4n) is 3.16. The zero-order chi connectivity index (χ0) is 18.7. The van der Waals surface area contributed by atoms with Crippen LogP contribution in [-0.4, -0.2) is 9.97 Å². The summed E-state index contributed by atoms with van der Waals surface area (Å²) in [5.41, 5.74) is 14.9. The van der Waals surface area contributed by atoms with Gasteiger partial charge < -0.3 is 5.73 Å². The van der Waals surface area contributed by atoms with Crippen LogP contribution in [0.4, 0.5) is 5.82 Å². The summed E-state index contributed by atoms with van der Waals surface area (Å²) in [6.07, 6.45) is 7.26. The molecule has 26 heavy (non-hydrogen) atoms. The van der Waals surface area contributed by atoms with Crippen LogP contribution in [0.1, 0.15) is 39.7 Å². The van der Waals surface area contributed by atoms with Gasteiger partial charge in [0.1, 0.15) is 5.82 Å². The highest BCUT2D eigenvalue weighted by atomic mass is 32.1. The molecule has 0 radical (unpaired) electrons. The predicted octanol–water partition coefficient (Wildman–Crippen LogP) is 6.34. The maximum absolute atomic E-state index is 6.24. The van der Waals surface area contributed by atoms with Crippen LogP contribution >= 0.6 is 11.3 Å². The van der Waals surface area contributed by atoms with Crippen LogP contribution in [0.3, 0.4) is 0 Å². The van der Waals surface area contributed by atoms with Crippen LogP contribution in [0, 0.1) is 5.92 Å². The van der Waals surface area contributed by atoms with Gasteiger partial charge in [-0.3, -0.25) is 0 Å². The average molecular weight is 364 g/mol. The van der Waals surface area contributed by atoms with Crippen molar-refractivity contribution in [2.24, 2.45) is 5.92 Å². The second-order valence-corrected chi connectivity index (χ2v) is 7.49. The van der Waals surface area contributed by atoms with Crippen molar-refractivity contribution in [2.75, 3.05) is 5.73 Å². The predicted molar refractivity (Wildman–Crippen MR) is 114 cm³/mol. The van der Waals surface area contributed by atoms with Crippen LogP contribution in [0.25, 0.3) is 26.9 Å². The topological polar surface area (TPSA) is 51.8 Å². The summed E-state index contributed by atoms with van der Waals surface area (Å²) in [5.74, 6) is 1.08. The fourth-order valence-corrected chi connectivity index (χ4v) is 3.99. The molecule has 1 aromatic carbocycles. The number of benzene rings is 1.